The Kier molecular flexibility index (Phi) is 3.67. The van der Waals surface area contributed by atoms with Crippen LogP contribution < -0.4 is 5.32 Å². The highest BCUT2D eigenvalue weighted by Crippen LogP contribution is 1.52. The van der Waals surface area contributed by atoms with E-state index < -0.39 is 0 Å². The van der Waals surface area contributed by atoms with Crippen molar-refractivity contribution >= 4 is 27.3 Å². The highest BCUT2D eigenvalue weighted by molar-refractivity contribution is 6.57. The molecule has 4 heteroatoms. The van der Waals surface area contributed by atoms with Crippen LogP contribution in [0.2, 0.25) is 0 Å². The van der Waals surface area contributed by atoms with Crippen LogP contribution in [-0.4, -0.2) is 33.9 Å². The molecule has 1 amide bonds. The van der Waals surface area contributed by atoms with Crippen LogP contribution in [0.5, 0.6) is 0 Å². The van der Waals surface area contributed by atoms with Gasteiger partial charge in [-0.05, 0) is 0 Å². The second kappa shape index (κ2) is 3.85. The van der Waals surface area contributed by atoms with Gasteiger partial charge in [-0.25, -0.2) is 0 Å². The minimum atomic E-state index is -0.0351. The molecule has 3 nitrogen and oxygen atoms in total. The van der Waals surface area contributed by atoms with E-state index in [0.717, 1.165) is 0 Å². The molecule has 0 radical (unpaired) electrons. The van der Waals surface area contributed by atoms with Crippen LogP contribution in [-0.2, 0) is 4.79 Å². The summed E-state index contributed by atoms with van der Waals surface area (Å²) < 4.78 is -0.0351. The maximum absolute atomic E-state index is 9.99. The zero-order valence-corrected chi connectivity index (χ0v) is 6.10. The predicted molar refractivity (Wildman–Crippen MR) is 28.0 cm³/mol. The molecule has 0 aliphatic carbocycles. The lowest BCUT2D eigenvalue weighted by atomic mass is 10.7. The molecule has 0 aliphatic heterocycles. The summed E-state index contributed by atoms with van der Waals surface area (Å²) in [6.45, 7) is 0.155. The first-order chi connectivity index (χ1) is 3.27. The van der Waals surface area contributed by atoms with Crippen molar-refractivity contribution in [2.45, 2.75) is 0 Å². The van der Waals surface area contributed by atoms with Crippen LogP contribution in [0.25, 0.3) is 0 Å². The van der Waals surface area contributed by atoms with E-state index in [1.807, 2.05) is 0 Å². The third-order valence-corrected chi connectivity index (χ3v) is 0.788. The fourth-order valence-corrected chi connectivity index (χ4v) is 0.390. The average molecular weight is 115 g/mol. The molecule has 0 fully saturated rings. The Hall–Kier alpha value is -0.328. The van der Waals surface area contributed by atoms with Crippen LogP contribution in [0.4, 0.5) is 4.79 Å². The molecule has 0 atom stereocenters. The molecule has 0 spiro atoms. The van der Waals surface area contributed by atoms with Gasteiger partial charge in [0.15, 0.2) is 0 Å². The first-order valence-electron chi connectivity index (χ1n) is 1.95. The lowest BCUT2D eigenvalue weighted by Gasteiger charge is -1.89. The summed E-state index contributed by atoms with van der Waals surface area (Å²) in [6, 6.07) is 0. The summed E-state index contributed by atoms with van der Waals surface area (Å²) in [4.78, 5) is 19.5. The van der Waals surface area contributed by atoms with Gasteiger partial charge in [0.05, 0.1) is 6.54 Å². The van der Waals surface area contributed by atoms with Gasteiger partial charge >= 0.3 is 16.3 Å². The Morgan fingerprint density at radius 1 is 1.86 bits per heavy atom. The number of nitrogens with one attached hydrogen (secondary N) is 1. The number of rotatable bonds is 2. The van der Waals surface area contributed by atoms with Gasteiger partial charge in [-0.1, -0.05) is 0 Å². The van der Waals surface area contributed by atoms with E-state index in [4.69, 9.17) is 0 Å². The quantitative estimate of drug-likeness (QED) is 0.352. The molecule has 0 unspecified atom stereocenters. The van der Waals surface area contributed by atoms with Crippen LogP contribution in [0.15, 0.2) is 0 Å². The minimum absolute atomic E-state index is 0.0351. The normalized spacial score (nSPS) is 7.43. The lowest BCUT2D eigenvalue weighted by Crippen LogP contribution is -2.22. The standard InChI is InChI=1S/C3H4NO2.Al.2H/c5-2-1-4-3-6;;;/h2H,1H2,(H,4,6);;;. The van der Waals surface area contributed by atoms with Crippen molar-refractivity contribution in [1.82, 2.24) is 5.32 Å². The Bertz CT molecular complexity index is 83.0. The van der Waals surface area contributed by atoms with Gasteiger partial charge in [-0.15, -0.1) is 0 Å². The monoisotopic (exact) mass is 115 g/mol. The van der Waals surface area contributed by atoms with E-state index in [0.29, 0.717) is 22.6 Å². The fraction of sp³-hybridized carbons (Fsp3) is 0.333. The molecule has 0 aromatic carbocycles. The third kappa shape index (κ3) is 5.67. The Morgan fingerprint density at radius 2 is 2.43 bits per heavy atom. The maximum atomic E-state index is 9.99. The molecular weight excluding hydrogens is 109 g/mol. The minimum Gasteiger partial charge on any atom is -0.366 e. The summed E-state index contributed by atoms with van der Waals surface area (Å²) in [5.41, 5.74) is 0. The van der Waals surface area contributed by atoms with Crippen LogP contribution in [0.1, 0.15) is 0 Å². The molecule has 38 valence electrons. The van der Waals surface area contributed by atoms with E-state index in [9.17, 15) is 9.59 Å². The number of amides is 1. The second-order valence-electron chi connectivity index (χ2n) is 1.10. The molecule has 0 bridgehead atoms. The van der Waals surface area contributed by atoms with Crippen molar-refractivity contribution in [2.75, 3.05) is 6.54 Å². The lowest BCUT2D eigenvalue weighted by molar-refractivity contribution is -0.107. The smallest absolute Gasteiger partial charge is 0.354 e. The van der Waals surface area contributed by atoms with Crippen molar-refractivity contribution in [3.63, 3.8) is 0 Å². The number of hydrogen-bond donors (Lipinski definition) is 1. The Labute approximate surface area is 49.5 Å². The van der Waals surface area contributed by atoms with Gasteiger partial charge < -0.3 is 10.1 Å². The maximum Gasteiger partial charge on any atom is 0.354 e. The van der Waals surface area contributed by atoms with Crippen molar-refractivity contribution in [3.05, 3.63) is 0 Å². The summed E-state index contributed by atoms with van der Waals surface area (Å²) >= 11 is 0.474. The van der Waals surface area contributed by atoms with Crippen LogP contribution in [0.3, 0.4) is 0 Å². The third-order valence-electron chi connectivity index (χ3n) is 0.434. The van der Waals surface area contributed by atoms with Crippen LogP contribution >= 0.6 is 0 Å². The molecule has 0 rings (SSSR count). The number of carbonyl (C=O) groups excluding carboxylic acids is 2. The molecular formula is C3H6AlNO2. The van der Waals surface area contributed by atoms with Gasteiger partial charge in [0.1, 0.15) is 11.1 Å². The van der Waals surface area contributed by atoms with Gasteiger partial charge in [-0.3, -0.25) is 4.79 Å². The summed E-state index contributed by atoms with van der Waals surface area (Å²) in [5.74, 6) is 0. The highest BCUT2D eigenvalue weighted by Gasteiger charge is 1.83. The van der Waals surface area contributed by atoms with E-state index >= 15 is 0 Å². The van der Waals surface area contributed by atoms with Crippen molar-refractivity contribution in [2.24, 2.45) is 0 Å². The predicted octanol–water partition coefficient (Wildman–Crippen LogP) is -1.47. The van der Waals surface area contributed by atoms with Crippen LogP contribution in [0, 0.1) is 0 Å². The molecule has 1 N–H and O–H groups in total. The first kappa shape index (κ1) is 6.67. The Morgan fingerprint density at radius 3 is 2.57 bits per heavy atom. The number of carbonyl (C=O) groups is 2. The summed E-state index contributed by atoms with van der Waals surface area (Å²) in [6.07, 6.45) is 0.662. The van der Waals surface area contributed by atoms with Gasteiger partial charge in [0.2, 0.25) is 0 Å². The second-order valence-corrected chi connectivity index (χ2v) is 2.01. The zero-order chi connectivity index (χ0) is 5.70. The molecule has 0 aromatic heterocycles. The van der Waals surface area contributed by atoms with Crippen molar-refractivity contribution < 1.29 is 9.59 Å². The van der Waals surface area contributed by atoms with E-state index in [-0.39, 0.29) is 11.3 Å². The highest BCUT2D eigenvalue weighted by atomic mass is 27.0. The molecule has 0 saturated heterocycles. The van der Waals surface area contributed by atoms with E-state index in [1.165, 1.54) is 0 Å². The largest absolute Gasteiger partial charge is 0.366 e. The van der Waals surface area contributed by atoms with Gasteiger partial charge in [0, 0.05) is 0 Å². The topological polar surface area (TPSA) is 46.2 Å². The number of hydrogen-bond acceptors (Lipinski definition) is 2. The molecule has 7 heavy (non-hydrogen) atoms. The molecule has 0 aliphatic rings. The molecule has 0 aromatic rings. The van der Waals surface area contributed by atoms with E-state index in [1.54, 1.807) is 0 Å². The van der Waals surface area contributed by atoms with Crippen molar-refractivity contribution in [3.8, 4) is 0 Å². The summed E-state index contributed by atoms with van der Waals surface area (Å²) in [5, 5.41) is 2.35. The number of aldehydes is 1. The van der Waals surface area contributed by atoms with Gasteiger partial charge in [0.25, 0.3) is 0 Å². The zero-order valence-electron chi connectivity index (χ0n) is 4.10. The summed E-state index contributed by atoms with van der Waals surface area (Å²) in [7, 11) is 0. The molecule has 0 saturated carbocycles. The van der Waals surface area contributed by atoms with E-state index in [2.05, 4.69) is 5.32 Å². The van der Waals surface area contributed by atoms with Gasteiger partial charge in [-0.2, -0.15) is 0 Å². The van der Waals surface area contributed by atoms with Crippen molar-refractivity contribution in [1.29, 1.82) is 0 Å². The Balaban J connectivity index is 2.97. The first-order valence-corrected chi connectivity index (χ1v) is 2.95. The average Bonchev–Trinajstić information content (AvgIpc) is 1.61. The molecule has 0 heterocycles. The fourth-order valence-electron chi connectivity index (χ4n) is 0.185. The SMILES string of the molecule is O=CCN[C](=O)[AlH2].